The molecule has 164 valence electrons. The van der Waals surface area contributed by atoms with Crippen molar-refractivity contribution in [1.29, 1.82) is 0 Å². The average molecular weight is 437 g/mol. The van der Waals surface area contributed by atoms with E-state index in [-0.39, 0.29) is 31.1 Å². The number of benzene rings is 2. The SMILES string of the molecule is COc1ccc(N(CC(=O)NCCOc2cccc(C)c2C)S(C)(=O)=O)c(OC)c1. The van der Waals surface area contributed by atoms with Crippen LogP contribution in [0.4, 0.5) is 5.69 Å². The minimum Gasteiger partial charge on any atom is -0.497 e. The van der Waals surface area contributed by atoms with Gasteiger partial charge >= 0.3 is 0 Å². The van der Waals surface area contributed by atoms with Crippen LogP contribution in [0.15, 0.2) is 36.4 Å². The third kappa shape index (κ3) is 6.03. The Bertz CT molecular complexity index is 991. The summed E-state index contributed by atoms with van der Waals surface area (Å²) < 4.78 is 41.7. The number of ether oxygens (including phenoxy) is 3. The van der Waals surface area contributed by atoms with Gasteiger partial charge in [-0.2, -0.15) is 0 Å². The lowest BCUT2D eigenvalue weighted by Gasteiger charge is -2.24. The van der Waals surface area contributed by atoms with Crippen LogP contribution in [0.3, 0.4) is 0 Å². The maximum Gasteiger partial charge on any atom is 0.240 e. The van der Waals surface area contributed by atoms with Crippen LogP contribution in [0.25, 0.3) is 0 Å². The number of methoxy groups -OCH3 is 2. The van der Waals surface area contributed by atoms with Crippen LogP contribution in [0.2, 0.25) is 0 Å². The van der Waals surface area contributed by atoms with Crippen molar-refractivity contribution in [2.45, 2.75) is 13.8 Å². The van der Waals surface area contributed by atoms with Crippen LogP contribution >= 0.6 is 0 Å². The zero-order chi connectivity index (χ0) is 22.3. The lowest BCUT2D eigenvalue weighted by molar-refractivity contribution is -0.119. The van der Waals surface area contributed by atoms with Gasteiger partial charge in [0.1, 0.15) is 30.4 Å². The highest BCUT2D eigenvalue weighted by Gasteiger charge is 2.24. The number of nitrogens with zero attached hydrogens (tertiary/aromatic N) is 1. The normalized spacial score (nSPS) is 11.0. The molecule has 2 aromatic rings. The number of amides is 1. The molecule has 30 heavy (non-hydrogen) atoms. The predicted octanol–water partition coefficient (Wildman–Crippen LogP) is 2.28. The Morgan fingerprint density at radius 2 is 1.80 bits per heavy atom. The van der Waals surface area contributed by atoms with Crippen molar-refractivity contribution < 1.29 is 27.4 Å². The number of hydrogen-bond acceptors (Lipinski definition) is 6. The molecule has 0 atom stereocenters. The van der Waals surface area contributed by atoms with Crippen molar-refractivity contribution >= 4 is 21.6 Å². The van der Waals surface area contributed by atoms with Crippen LogP contribution in [-0.2, 0) is 14.8 Å². The molecule has 0 radical (unpaired) electrons. The molecule has 0 saturated heterocycles. The molecule has 1 N–H and O–H groups in total. The lowest BCUT2D eigenvalue weighted by atomic mass is 10.1. The first-order chi connectivity index (χ1) is 14.2. The smallest absolute Gasteiger partial charge is 0.240 e. The van der Waals surface area contributed by atoms with E-state index in [2.05, 4.69) is 5.32 Å². The number of anilines is 1. The zero-order valence-electron chi connectivity index (χ0n) is 17.9. The van der Waals surface area contributed by atoms with Gasteiger partial charge < -0.3 is 19.5 Å². The summed E-state index contributed by atoms with van der Waals surface area (Å²) in [5.74, 6) is 1.09. The molecule has 2 aromatic carbocycles. The molecule has 9 heteroatoms. The van der Waals surface area contributed by atoms with E-state index in [0.717, 1.165) is 27.4 Å². The van der Waals surface area contributed by atoms with Gasteiger partial charge in [-0.25, -0.2) is 8.42 Å². The van der Waals surface area contributed by atoms with Gasteiger partial charge in [-0.3, -0.25) is 9.10 Å². The van der Waals surface area contributed by atoms with Gasteiger partial charge in [0.05, 0.1) is 32.7 Å². The maximum atomic E-state index is 12.4. The van der Waals surface area contributed by atoms with Crippen molar-refractivity contribution in [2.24, 2.45) is 0 Å². The minimum atomic E-state index is -3.73. The minimum absolute atomic E-state index is 0.240. The molecule has 0 fully saturated rings. The largest absolute Gasteiger partial charge is 0.497 e. The second kappa shape index (κ2) is 10.2. The van der Waals surface area contributed by atoms with E-state index < -0.39 is 15.9 Å². The number of carbonyl (C=O) groups is 1. The van der Waals surface area contributed by atoms with Crippen molar-refractivity contribution in [3.8, 4) is 17.2 Å². The standard InChI is InChI=1S/C21H28N2O6S/c1-15-7-6-8-19(16(15)2)29-12-11-22-21(24)14-23(30(5,25)26)18-10-9-17(27-3)13-20(18)28-4/h6-10,13H,11-12,14H2,1-5H3,(H,22,24). The molecular weight excluding hydrogens is 408 g/mol. The van der Waals surface area contributed by atoms with E-state index in [9.17, 15) is 13.2 Å². The molecule has 0 bridgehead atoms. The van der Waals surface area contributed by atoms with Crippen LogP contribution in [-0.4, -0.2) is 54.5 Å². The number of carbonyl (C=O) groups excluding carboxylic acids is 1. The van der Waals surface area contributed by atoms with Crippen molar-refractivity contribution in [3.05, 3.63) is 47.5 Å². The highest BCUT2D eigenvalue weighted by molar-refractivity contribution is 7.92. The molecule has 0 aliphatic heterocycles. The summed E-state index contributed by atoms with van der Waals surface area (Å²) in [7, 11) is -0.812. The Morgan fingerprint density at radius 1 is 1.07 bits per heavy atom. The van der Waals surface area contributed by atoms with Crippen molar-refractivity contribution in [3.63, 3.8) is 0 Å². The van der Waals surface area contributed by atoms with E-state index >= 15 is 0 Å². The summed E-state index contributed by atoms with van der Waals surface area (Å²) in [5, 5.41) is 2.68. The van der Waals surface area contributed by atoms with E-state index in [1.165, 1.54) is 20.3 Å². The van der Waals surface area contributed by atoms with E-state index in [1.54, 1.807) is 12.1 Å². The fraction of sp³-hybridized carbons (Fsp3) is 0.381. The quantitative estimate of drug-likeness (QED) is 0.575. The van der Waals surface area contributed by atoms with Gasteiger partial charge in [0.2, 0.25) is 15.9 Å². The molecule has 0 aromatic heterocycles. The molecule has 0 heterocycles. The Morgan fingerprint density at radius 3 is 2.43 bits per heavy atom. The molecule has 1 amide bonds. The number of nitrogens with one attached hydrogen (secondary N) is 1. The van der Waals surface area contributed by atoms with Crippen molar-refractivity contribution in [2.75, 3.05) is 44.5 Å². The van der Waals surface area contributed by atoms with E-state index in [1.807, 2.05) is 32.0 Å². The summed E-state index contributed by atoms with van der Waals surface area (Å²) in [4.78, 5) is 12.4. The Labute approximate surface area is 177 Å². The van der Waals surface area contributed by atoms with Crippen LogP contribution < -0.4 is 23.8 Å². The monoisotopic (exact) mass is 436 g/mol. The highest BCUT2D eigenvalue weighted by Crippen LogP contribution is 2.33. The summed E-state index contributed by atoms with van der Waals surface area (Å²) in [5.41, 5.74) is 2.41. The summed E-state index contributed by atoms with van der Waals surface area (Å²) in [6.07, 6.45) is 1.04. The summed E-state index contributed by atoms with van der Waals surface area (Å²) >= 11 is 0. The molecular formula is C21H28N2O6S. The molecule has 0 unspecified atom stereocenters. The van der Waals surface area contributed by atoms with Crippen LogP contribution in [0.1, 0.15) is 11.1 Å². The topological polar surface area (TPSA) is 94.2 Å². The fourth-order valence-electron chi connectivity index (χ4n) is 2.79. The molecule has 0 saturated carbocycles. The predicted molar refractivity (Wildman–Crippen MR) is 116 cm³/mol. The fourth-order valence-corrected chi connectivity index (χ4v) is 3.65. The molecule has 8 nitrogen and oxygen atoms in total. The van der Waals surface area contributed by atoms with Crippen LogP contribution in [0, 0.1) is 13.8 Å². The first kappa shape index (κ1) is 23.3. The second-order valence-electron chi connectivity index (χ2n) is 6.70. The Kier molecular flexibility index (Phi) is 7.93. The Balaban J connectivity index is 2.02. The molecule has 0 aliphatic rings. The molecule has 2 rings (SSSR count). The third-order valence-electron chi connectivity index (χ3n) is 4.58. The first-order valence-corrected chi connectivity index (χ1v) is 11.2. The average Bonchev–Trinajstić information content (AvgIpc) is 2.71. The van der Waals surface area contributed by atoms with Gasteiger partial charge in [-0.15, -0.1) is 0 Å². The number of aryl methyl sites for hydroxylation is 1. The third-order valence-corrected chi connectivity index (χ3v) is 5.71. The van der Waals surface area contributed by atoms with Crippen LogP contribution in [0.5, 0.6) is 17.2 Å². The summed E-state index contributed by atoms with van der Waals surface area (Å²) in [6, 6.07) is 10.5. The lowest BCUT2D eigenvalue weighted by Crippen LogP contribution is -2.41. The van der Waals surface area contributed by atoms with Crippen molar-refractivity contribution in [1.82, 2.24) is 5.32 Å². The van der Waals surface area contributed by atoms with E-state index in [0.29, 0.717) is 5.75 Å². The molecule has 0 spiro atoms. The number of hydrogen-bond donors (Lipinski definition) is 1. The maximum absolute atomic E-state index is 12.4. The Hall–Kier alpha value is -2.94. The van der Waals surface area contributed by atoms with Gasteiger partial charge in [0.25, 0.3) is 0 Å². The van der Waals surface area contributed by atoms with Gasteiger partial charge in [0.15, 0.2) is 0 Å². The highest BCUT2D eigenvalue weighted by atomic mass is 32.2. The summed E-state index contributed by atoms with van der Waals surface area (Å²) in [6.45, 7) is 4.09. The first-order valence-electron chi connectivity index (χ1n) is 9.32. The second-order valence-corrected chi connectivity index (χ2v) is 8.61. The van der Waals surface area contributed by atoms with E-state index in [4.69, 9.17) is 14.2 Å². The number of rotatable bonds is 10. The zero-order valence-corrected chi connectivity index (χ0v) is 18.7. The van der Waals surface area contributed by atoms with Gasteiger partial charge in [0, 0.05) is 6.07 Å². The van der Waals surface area contributed by atoms with Gasteiger partial charge in [-0.05, 0) is 43.2 Å². The number of sulfonamides is 1. The van der Waals surface area contributed by atoms with Gasteiger partial charge in [-0.1, -0.05) is 12.1 Å². The molecule has 0 aliphatic carbocycles.